The van der Waals surface area contributed by atoms with Crippen LogP contribution in [0.4, 0.5) is 11.4 Å². The van der Waals surface area contributed by atoms with Crippen LogP contribution in [0.25, 0.3) is 0 Å². The Morgan fingerprint density at radius 3 is 2.95 bits per heavy atom. The maximum atomic E-state index is 11.9. The van der Waals surface area contributed by atoms with Gasteiger partial charge in [0.2, 0.25) is 5.91 Å². The molecule has 0 saturated heterocycles. The molecule has 1 heterocycles. The van der Waals surface area contributed by atoms with Gasteiger partial charge in [0.15, 0.2) is 0 Å². The first-order valence-electron chi connectivity index (χ1n) is 7.27. The Labute approximate surface area is 130 Å². The molecule has 0 unspecified atom stereocenters. The number of hydrogen-bond donors (Lipinski definition) is 2. The SMILES string of the molecule is CC1=CCN(CCCC(=O)Nc2ccc(Cl)c(N)c2)CC1. The minimum atomic E-state index is 0.0143. The van der Waals surface area contributed by atoms with Crippen LogP contribution in [0.1, 0.15) is 26.2 Å². The first kappa shape index (κ1) is 15.9. The number of carbonyl (C=O) groups excluding carboxylic acids is 1. The molecule has 1 aliphatic rings. The number of halogens is 1. The van der Waals surface area contributed by atoms with Crippen molar-refractivity contribution in [3.63, 3.8) is 0 Å². The summed E-state index contributed by atoms with van der Waals surface area (Å²) in [4.78, 5) is 14.3. The molecule has 3 N–H and O–H groups in total. The molecular weight excluding hydrogens is 286 g/mol. The van der Waals surface area contributed by atoms with Crippen molar-refractivity contribution in [2.24, 2.45) is 0 Å². The lowest BCUT2D eigenvalue weighted by Gasteiger charge is -2.24. The van der Waals surface area contributed by atoms with Gasteiger partial charge >= 0.3 is 0 Å². The van der Waals surface area contributed by atoms with Gasteiger partial charge in [-0.3, -0.25) is 9.69 Å². The molecule has 1 aromatic carbocycles. The molecule has 5 heteroatoms. The minimum absolute atomic E-state index is 0.0143. The summed E-state index contributed by atoms with van der Waals surface area (Å²) in [6.07, 6.45) is 4.78. The van der Waals surface area contributed by atoms with E-state index in [1.807, 2.05) is 0 Å². The molecule has 4 nitrogen and oxygen atoms in total. The quantitative estimate of drug-likeness (QED) is 0.648. The fourth-order valence-electron chi connectivity index (χ4n) is 2.32. The molecule has 0 saturated carbocycles. The number of amides is 1. The summed E-state index contributed by atoms with van der Waals surface area (Å²) >= 11 is 5.85. The number of nitrogens with zero attached hydrogens (tertiary/aromatic N) is 1. The second-order valence-electron chi connectivity index (χ2n) is 5.49. The van der Waals surface area contributed by atoms with Crippen LogP contribution < -0.4 is 11.1 Å². The molecule has 2 rings (SSSR count). The van der Waals surface area contributed by atoms with Crippen LogP contribution in [0, 0.1) is 0 Å². The van der Waals surface area contributed by atoms with Crippen molar-refractivity contribution >= 4 is 28.9 Å². The average Bonchev–Trinajstić information content (AvgIpc) is 2.45. The maximum Gasteiger partial charge on any atom is 0.224 e. The molecule has 1 aromatic rings. The predicted molar refractivity (Wildman–Crippen MR) is 88.5 cm³/mol. The molecule has 0 spiro atoms. The number of anilines is 2. The normalized spacial score (nSPS) is 15.6. The first-order valence-corrected chi connectivity index (χ1v) is 7.65. The molecule has 1 amide bonds. The van der Waals surface area contributed by atoms with E-state index in [0.717, 1.165) is 32.5 Å². The van der Waals surface area contributed by atoms with Crippen molar-refractivity contribution in [1.82, 2.24) is 4.90 Å². The summed E-state index contributed by atoms with van der Waals surface area (Å²) in [5.74, 6) is 0.0143. The topological polar surface area (TPSA) is 58.4 Å². The molecule has 0 atom stereocenters. The monoisotopic (exact) mass is 307 g/mol. The van der Waals surface area contributed by atoms with Gasteiger partial charge in [-0.25, -0.2) is 0 Å². The van der Waals surface area contributed by atoms with E-state index in [1.54, 1.807) is 18.2 Å². The van der Waals surface area contributed by atoms with Gasteiger partial charge in [0, 0.05) is 25.2 Å². The number of nitrogen functional groups attached to an aromatic ring is 1. The van der Waals surface area contributed by atoms with Gasteiger partial charge in [-0.05, 0) is 44.5 Å². The Kier molecular flexibility index (Phi) is 5.65. The third-order valence-corrected chi connectivity index (χ3v) is 4.02. The summed E-state index contributed by atoms with van der Waals surface area (Å²) in [6, 6.07) is 5.13. The van der Waals surface area contributed by atoms with E-state index < -0.39 is 0 Å². The fraction of sp³-hybridized carbons (Fsp3) is 0.438. The van der Waals surface area contributed by atoms with Gasteiger partial charge in [-0.1, -0.05) is 23.3 Å². The summed E-state index contributed by atoms with van der Waals surface area (Å²) in [6.45, 7) is 5.22. The lowest BCUT2D eigenvalue weighted by molar-refractivity contribution is -0.116. The predicted octanol–water partition coefficient (Wildman–Crippen LogP) is 3.29. The largest absolute Gasteiger partial charge is 0.397 e. The van der Waals surface area contributed by atoms with E-state index in [-0.39, 0.29) is 5.91 Å². The highest BCUT2D eigenvalue weighted by Gasteiger charge is 2.10. The summed E-state index contributed by atoms with van der Waals surface area (Å²) in [5, 5.41) is 3.35. The Morgan fingerprint density at radius 1 is 1.48 bits per heavy atom. The van der Waals surface area contributed by atoms with Crippen molar-refractivity contribution in [1.29, 1.82) is 0 Å². The molecule has 0 radical (unpaired) electrons. The summed E-state index contributed by atoms with van der Waals surface area (Å²) < 4.78 is 0. The van der Waals surface area contributed by atoms with Crippen LogP contribution in [0.3, 0.4) is 0 Å². The Bertz CT molecular complexity index is 542. The van der Waals surface area contributed by atoms with Crippen LogP contribution in [0.5, 0.6) is 0 Å². The molecule has 1 aliphatic heterocycles. The highest BCUT2D eigenvalue weighted by atomic mass is 35.5. The lowest BCUT2D eigenvalue weighted by atomic mass is 10.1. The van der Waals surface area contributed by atoms with Gasteiger partial charge < -0.3 is 11.1 Å². The van der Waals surface area contributed by atoms with Crippen molar-refractivity contribution in [3.8, 4) is 0 Å². The minimum Gasteiger partial charge on any atom is -0.397 e. The zero-order valence-electron chi connectivity index (χ0n) is 12.4. The van der Waals surface area contributed by atoms with Crippen molar-refractivity contribution in [2.45, 2.75) is 26.2 Å². The summed E-state index contributed by atoms with van der Waals surface area (Å²) in [7, 11) is 0. The van der Waals surface area contributed by atoms with E-state index in [4.69, 9.17) is 17.3 Å². The van der Waals surface area contributed by atoms with E-state index in [1.165, 1.54) is 5.57 Å². The lowest BCUT2D eigenvalue weighted by Crippen LogP contribution is -2.30. The zero-order chi connectivity index (χ0) is 15.2. The van der Waals surface area contributed by atoms with Gasteiger partial charge in [0.25, 0.3) is 0 Å². The average molecular weight is 308 g/mol. The highest BCUT2D eigenvalue weighted by molar-refractivity contribution is 6.33. The third kappa shape index (κ3) is 5.06. The van der Waals surface area contributed by atoms with Gasteiger partial charge in [0.1, 0.15) is 0 Å². The smallest absolute Gasteiger partial charge is 0.224 e. The van der Waals surface area contributed by atoms with E-state index >= 15 is 0 Å². The molecule has 0 aromatic heterocycles. The van der Waals surface area contributed by atoms with E-state index in [9.17, 15) is 4.79 Å². The van der Waals surface area contributed by atoms with Crippen molar-refractivity contribution < 1.29 is 4.79 Å². The van der Waals surface area contributed by atoms with Crippen LogP contribution in [-0.2, 0) is 4.79 Å². The maximum absolute atomic E-state index is 11.9. The second kappa shape index (κ2) is 7.48. The molecule has 0 fully saturated rings. The Balaban J connectivity index is 1.71. The standard InChI is InChI=1S/C16H22ClN3O/c1-12-6-9-20(10-7-12)8-2-3-16(21)19-13-4-5-14(17)15(18)11-13/h4-6,11H,2-3,7-10,18H2,1H3,(H,19,21). The number of nitrogens with two attached hydrogens (primary N) is 1. The zero-order valence-corrected chi connectivity index (χ0v) is 13.1. The molecule has 0 bridgehead atoms. The van der Waals surface area contributed by atoms with Crippen LogP contribution >= 0.6 is 11.6 Å². The van der Waals surface area contributed by atoms with Crippen LogP contribution in [0.15, 0.2) is 29.8 Å². The second-order valence-corrected chi connectivity index (χ2v) is 5.90. The number of benzene rings is 1. The van der Waals surface area contributed by atoms with Crippen LogP contribution in [0.2, 0.25) is 5.02 Å². The van der Waals surface area contributed by atoms with E-state index in [2.05, 4.69) is 23.2 Å². The number of rotatable bonds is 5. The highest BCUT2D eigenvalue weighted by Crippen LogP contribution is 2.22. The van der Waals surface area contributed by atoms with Gasteiger partial charge in [0.05, 0.1) is 10.7 Å². The summed E-state index contributed by atoms with van der Waals surface area (Å²) in [5.41, 5.74) is 8.34. The third-order valence-electron chi connectivity index (χ3n) is 3.68. The Morgan fingerprint density at radius 2 is 2.29 bits per heavy atom. The number of hydrogen-bond acceptors (Lipinski definition) is 3. The van der Waals surface area contributed by atoms with Gasteiger partial charge in [-0.15, -0.1) is 0 Å². The Hall–Kier alpha value is -1.52. The molecule has 114 valence electrons. The molecule has 0 aliphatic carbocycles. The van der Waals surface area contributed by atoms with Crippen molar-refractivity contribution in [2.75, 3.05) is 30.7 Å². The fourth-order valence-corrected chi connectivity index (χ4v) is 2.44. The first-order chi connectivity index (χ1) is 10.0. The van der Waals surface area contributed by atoms with E-state index in [0.29, 0.717) is 22.8 Å². The molecular formula is C16H22ClN3O. The van der Waals surface area contributed by atoms with Crippen molar-refractivity contribution in [3.05, 3.63) is 34.9 Å². The number of nitrogens with one attached hydrogen (secondary N) is 1. The van der Waals surface area contributed by atoms with Gasteiger partial charge in [-0.2, -0.15) is 0 Å². The van der Waals surface area contributed by atoms with Crippen LogP contribution in [-0.4, -0.2) is 30.4 Å². The molecule has 21 heavy (non-hydrogen) atoms. The number of carbonyl (C=O) groups is 1.